The van der Waals surface area contributed by atoms with Gasteiger partial charge in [-0.1, -0.05) is 20.8 Å². The first-order chi connectivity index (χ1) is 18.3. The first-order valence-electron chi connectivity index (χ1n) is 13.4. The largest absolute Gasteiger partial charge is 0.849 e. The van der Waals surface area contributed by atoms with Crippen LogP contribution < -0.4 is 25.6 Å². The van der Waals surface area contributed by atoms with Gasteiger partial charge in [0.15, 0.2) is 11.6 Å². The van der Waals surface area contributed by atoms with Crippen LogP contribution in [0.3, 0.4) is 0 Å². The number of pyridine rings is 1. The lowest BCUT2D eigenvalue weighted by molar-refractivity contribution is -0.461. The van der Waals surface area contributed by atoms with E-state index in [1.165, 1.54) is 17.7 Å². The number of carboxylic acid groups (broad SMARTS) is 1. The van der Waals surface area contributed by atoms with Gasteiger partial charge in [0, 0.05) is 30.9 Å². The minimum atomic E-state index is -1.32. The van der Waals surface area contributed by atoms with Gasteiger partial charge in [0.25, 0.3) is 11.5 Å². The number of rotatable bonds is 7. The molecular weight excluding hydrogens is 505 g/mol. The average molecular weight is 543 g/mol. The molecule has 9 nitrogen and oxygen atoms in total. The molecule has 1 aromatic heterocycles. The van der Waals surface area contributed by atoms with Crippen molar-refractivity contribution in [3.63, 3.8) is 0 Å². The number of aromatic nitrogens is 1. The molecule has 10 heteroatoms. The SMILES string of the molecule is Cc1c(-c2cc(F)c3c(c2)N(CC(C)(C)[O-])CCO3)c(CC(=O)O)n(C)c(=O)c1C(=O)NC1CCC(C)CC1. The first kappa shape index (κ1) is 28.6. The number of hydrogen-bond donors (Lipinski definition) is 2. The van der Waals surface area contributed by atoms with Crippen molar-refractivity contribution in [2.45, 2.75) is 71.4 Å². The monoisotopic (exact) mass is 542 g/mol. The van der Waals surface area contributed by atoms with Crippen molar-refractivity contribution in [2.75, 3.05) is 24.6 Å². The van der Waals surface area contributed by atoms with Crippen molar-refractivity contribution in [3.05, 3.63) is 45.1 Å². The molecule has 0 atom stereocenters. The normalized spacial score (nSPS) is 19.3. The number of anilines is 1. The number of hydrogen-bond acceptors (Lipinski definition) is 6. The summed E-state index contributed by atoms with van der Waals surface area (Å²) in [6, 6.07) is 2.82. The zero-order chi connectivity index (χ0) is 28.6. The molecular formula is C29H37FN3O6-. The van der Waals surface area contributed by atoms with Crippen molar-refractivity contribution in [3.8, 4) is 16.9 Å². The number of nitrogens with zero attached hydrogens (tertiary/aromatic N) is 2. The highest BCUT2D eigenvalue weighted by atomic mass is 19.1. The summed E-state index contributed by atoms with van der Waals surface area (Å²) in [5.41, 5.74) is -0.604. The van der Waals surface area contributed by atoms with E-state index >= 15 is 4.39 Å². The van der Waals surface area contributed by atoms with Crippen molar-refractivity contribution in [1.82, 2.24) is 9.88 Å². The molecule has 0 saturated heterocycles. The number of carbonyl (C=O) groups excluding carboxylic acids is 1. The van der Waals surface area contributed by atoms with Gasteiger partial charge in [-0.2, -0.15) is 0 Å². The van der Waals surface area contributed by atoms with Crippen LogP contribution in [0.15, 0.2) is 16.9 Å². The van der Waals surface area contributed by atoms with E-state index in [-0.39, 0.29) is 41.8 Å². The number of ether oxygens (including phenoxy) is 1. The summed E-state index contributed by atoms with van der Waals surface area (Å²) in [6.45, 7) is 7.55. The Kier molecular flexibility index (Phi) is 8.07. The highest BCUT2D eigenvalue weighted by Gasteiger charge is 2.30. The van der Waals surface area contributed by atoms with Crippen LogP contribution in [-0.2, 0) is 18.3 Å². The maximum atomic E-state index is 15.4. The topological polar surface area (TPSA) is 124 Å². The van der Waals surface area contributed by atoms with Gasteiger partial charge in [-0.3, -0.25) is 14.4 Å². The fourth-order valence-corrected chi connectivity index (χ4v) is 5.73. The number of aliphatic carboxylic acids is 1. The van der Waals surface area contributed by atoms with E-state index in [2.05, 4.69) is 12.2 Å². The molecule has 1 fully saturated rings. The molecule has 2 N–H and O–H groups in total. The summed E-state index contributed by atoms with van der Waals surface area (Å²) in [5, 5.41) is 25.1. The molecule has 1 saturated carbocycles. The lowest BCUT2D eigenvalue weighted by Gasteiger charge is -2.41. The zero-order valence-corrected chi connectivity index (χ0v) is 23.2. The van der Waals surface area contributed by atoms with Crippen LogP contribution in [0.1, 0.15) is 68.1 Å². The van der Waals surface area contributed by atoms with E-state index in [1.807, 2.05) is 0 Å². The van der Waals surface area contributed by atoms with E-state index in [9.17, 15) is 24.6 Å². The van der Waals surface area contributed by atoms with Gasteiger partial charge in [0.1, 0.15) is 12.2 Å². The second-order valence-corrected chi connectivity index (χ2v) is 11.5. The number of fused-ring (bicyclic) bond motifs is 1. The molecule has 1 amide bonds. The Morgan fingerprint density at radius 2 is 1.90 bits per heavy atom. The van der Waals surface area contributed by atoms with Crippen molar-refractivity contribution >= 4 is 17.6 Å². The van der Waals surface area contributed by atoms with Crippen molar-refractivity contribution in [1.29, 1.82) is 0 Å². The third-order valence-electron chi connectivity index (χ3n) is 7.69. The Morgan fingerprint density at radius 3 is 2.51 bits per heavy atom. The van der Waals surface area contributed by atoms with Crippen LogP contribution >= 0.6 is 0 Å². The summed E-state index contributed by atoms with van der Waals surface area (Å²) in [6.07, 6.45) is 3.10. The van der Waals surface area contributed by atoms with Gasteiger partial charge < -0.3 is 29.7 Å². The van der Waals surface area contributed by atoms with Crippen LogP contribution in [0, 0.1) is 18.7 Å². The van der Waals surface area contributed by atoms with E-state index in [4.69, 9.17) is 4.74 Å². The number of carboxylic acids is 1. The van der Waals surface area contributed by atoms with Gasteiger partial charge >= 0.3 is 5.97 Å². The summed E-state index contributed by atoms with van der Waals surface area (Å²) >= 11 is 0. The number of amides is 1. The summed E-state index contributed by atoms with van der Waals surface area (Å²) in [7, 11) is 1.42. The van der Waals surface area contributed by atoms with Crippen LogP contribution in [0.2, 0.25) is 0 Å². The fourth-order valence-electron chi connectivity index (χ4n) is 5.73. The lowest BCUT2D eigenvalue weighted by Crippen LogP contribution is -2.50. The minimum Gasteiger partial charge on any atom is -0.849 e. The minimum absolute atomic E-state index is 0.0148. The standard InChI is InChI=1S/C29H37FN3O6/c1-16-6-8-19(9-7-16)31-27(36)25-17(2)24(21(14-23(34)35)32(5)28(25)37)18-12-20(30)26-22(13-18)33(10-11-39-26)15-29(3,4)38/h12-13,16,19H,6-11,14-15H2,1-5H3,(H,31,36)(H,34,35)/q-1. The van der Waals surface area contributed by atoms with Crippen molar-refractivity contribution in [2.24, 2.45) is 13.0 Å². The van der Waals surface area contributed by atoms with E-state index in [0.29, 0.717) is 29.3 Å². The molecule has 0 radical (unpaired) electrons. The van der Waals surface area contributed by atoms with Crippen LogP contribution in [-0.4, -0.2) is 52.9 Å². The number of halogens is 1. The lowest BCUT2D eigenvalue weighted by atomic mass is 9.87. The maximum Gasteiger partial charge on any atom is 0.309 e. The molecule has 0 bridgehead atoms. The fraction of sp³-hybridized carbons (Fsp3) is 0.552. The van der Waals surface area contributed by atoms with Crippen molar-refractivity contribution < 1.29 is 28.9 Å². The molecule has 2 aliphatic rings. The predicted molar refractivity (Wildman–Crippen MR) is 144 cm³/mol. The average Bonchev–Trinajstić information content (AvgIpc) is 2.83. The maximum absolute atomic E-state index is 15.4. The van der Waals surface area contributed by atoms with Gasteiger partial charge in [-0.25, -0.2) is 4.39 Å². The summed E-state index contributed by atoms with van der Waals surface area (Å²) in [5.74, 6) is -1.76. The van der Waals surface area contributed by atoms with Gasteiger partial charge in [0.2, 0.25) is 0 Å². The molecule has 2 heterocycles. The Balaban J connectivity index is 1.87. The second kappa shape index (κ2) is 11.0. The Morgan fingerprint density at radius 1 is 1.23 bits per heavy atom. The van der Waals surface area contributed by atoms with Crippen LogP contribution in [0.25, 0.3) is 11.1 Å². The highest BCUT2D eigenvalue weighted by molar-refractivity contribution is 5.98. The number of benzene rings is 1. The third kappa shape index (κ3) is 6.11. The Labute approximate surface area is 227 Å². The quantitative estimate of drug-likeness (QED) is 0.551. The van der Waals surface area contributed by atoms with E-state index in [1.54, 1.807) is 31.7 Å². The highest BCUT2D eigenvalue weighted by Crippen LogP contribution is 2.40. The molecule has 0 spiro atoms. The summed E-state index contributed by atoms with van der Waals surface area (Å²) < 4.78 is 22.2. The van der Waals surface area contributed by atoms with E-state index in [0.717, 1.165) is 25.7 Å². The predicted octanol–water partition coefficient (Wildman–Crippen LogP) is 2.77. The molecule has 1 aliphatic heterocycles. The molecule has 39 heavy (non-hydrogen) atoms. The zero-order valence-electron chi connectivity index (χ0n) is 23.2. The molecule has 212 valence electrons. The number of nitrogens with one attached hydrogen (secondary N) is 1. The van der Waals surface area contributed by atoms with Crippen LogP contribution in [0.4, 0.5) is 10.1 Å². The second-order valence-electron chi connectivity index (χ2n) is 11.5. The first-order valence-corrected chi connectivity index (χ1v) is 13.4. The smallest absolute Gasteiger partial charge is 0.309 e. The third-order valence-corrected chi connectivity index (χ3v) is 7.69. The Hall–Kier alpha value is -3.40. The molecule has 4 rings (SSSR count). The molecule has 0 unspecified atom stereocenters. The summed E-state index contributed by atoms with van der Waals surface area (Å²) in [4.78, 5) is 40.4. The number of carbonyl (C=O) groups is 2. The van der Waals surface area contributed by atoms with Gasteiger partial charge in [-0.15, -0.1) is 5.60 Å². The van der Waals surface area contributed by atoms with Gasteiger partial charge in [0.05, 0.1) is 18.7 Å². The molecule has 1 aliphatic carbocycles. The molecule has 1 aromatic carbocycles. The van der Waals surface area contributed by atoms with Gasteiger partial charge in [-0.05, 0) is 61.8 Å². The van der Waals surface area contributed by atoms with E-state index < -0.39 is 35.3 Å². The molecule has 2 aromatic rings. The van der Waals surface area contributed by atoms with Crippen LogP contribution in [0.5, 0.6) is 5.75 Å². The Bertz CT molecular complexity index is 1340.